The minimum atomic E-state index is 0.486. The first kappa shape index (κ1) is 22.0. The summed E-state index contributed by atoms with van der Waals surface area (Å²) in [5.41, 5.74) is 4.01. The predicted octanol–water partition coefficient (Wildman–Crippen LogP) is 3.16. The van der Waals surface area contributed by atoms with Crippen LogP contribution in [0.3, 0.4) is 0 Å². The fourth-order valence-corrected chi connectivity index (χ4v) is 3.35. The number of aryl methyl sites for hydroxylation is 1. The second kappa shape index (κ2) is 10.9. The summed E-state index contributed by atoms with van der Waals surface area (Å²) < 4.78 is 5.48. The van der Waals surface area contributed by atoms with E-state index in [1.807, 2.05) is 26.0 Å². The van der Waals surface area contributed by atoms with Crippen molar-refractivity contribution < 1.29 is 4.74 Å². The molecule has 8 nitrogen and oxygen atoms in total. The first-order chi connectivity index (χ1) is 14.6. The molecule has 0 amide bonds. The van der Waals surface area contributed by atoms with Gasteiger partial charge in [0.2, 0.25) is 5.95 Å². The molecule has 1 saturated heterocycles. The highest BCUT2D eigenvalue weighted by Gasteiger charge is 2.21. The van der Waals surface area contributed by atoms with Crippen LogP contribution < -0.4 is 20.9 Å². The number of benzene rings is 1. The van der Waals surface area contributed by atoms with Gasteiger partial charge in [-0.1, -0.05) is 19.1 Å². The number of aromatic nitrogens is 2. The van der Waals surface area contributed by atoms with Crippen LogP contribution in [0.4, 0.5) is 23.1 Å². The molecular weight excluding hydrogens is 378 g/mol. The second-order valence-electron chi connectivity index (χ2n) is 7.28. The average Bonchev–Trinajstić information content (AvgIpc) is 2.77. The molecule has 3 rings (SSSR count). The normalized spacial score (nSPS) is 13.9. The van der Waals surface area contributed by atoms with E-state index in [0.717, 1.165) is 37.6 Å². The van der Waals surface area contributed by atoms with Crippen LogP contribution in [0.1, 0.15) is 31.5 Å². The molecule has 2 aromatic rings. The molecule has 0 aliphatic carbocycles. The molecule has 2 heterocycles. The van der Waals surface area contributed by atoms with Crippen molar-refractivity contribution in [2.24, 2.45) is 0 Å². The molecule has 162 valence electrons. The van der Waals surface area contributed by atoms with Gasteiger partial charge in [0.25, 0.3) is 0 Å². The fourth-order valence-electron chi connectivity index (χ4n) is 3.35. The zero-order valence-electron chi connectivity index (χ0n) is 18.2. The second-order valence-corrected chi connectivity index (χ2v) is 7.28. The summed E-state index contributed by atoms with van der Waals surface area (Å²) >= 11 is 0. The molecule has 1 aromatic carbocycles. The van der Waals surface area contributed by atoms with Crippen molar-refractivity contribution in [1.82, 2.24) is 15.3 Å². The number of hydrogen-bond acceptors (Lipinski definition) is 8. The highest BCUT2D eigenvalue weighted by Crippen LogP contribution is 2.30. The molecule has 1 aliphatic heterocycles. The zero-order chi connectivity index (χ0) is 21.3. The highest BCUT2D eigenvalue weighted by atomic mass is 16.5. The van der Waals surface area contributed by atoms with Crippen LogP contribution in [-0.4, -0.2) is 61.6 Å². The third kappa shape index (κ3) is 5.67. The maximum absolute atomic E-state index is 8.54. The predicted molar refractivity (Wildman–Crippen MR) is 124 cm³/mol. The Bertz CT molecular complexity index is 849. The van der Waals surface area contributed by atoms with E-state index >= 15 is 0 Å². The van der Waals surface area contributed by atoms with Crippen LogP contribution in [0.15, 0.2) is 24.3 Å². The van der Waals surface area contributed by atoms with E-state index in [4.69, 9.17) is 20.1 Å². The Kier molecular flexibility index (Phi) is 7.98. The Balaban J connectivity index is 2.01. The first-order valence-corrected chi connectivity index (χ1v) is 10.7. The summed E-state index contributed by atoms with van der Waals surface area (Å²) in [5, 5.41) is 18.8. The maximum Gasteiger partial charge on any atom is 0.228 e. The summed E-state index contributed by atoms with van der Waals surface area (Å²) in [7, 11) is 0. The summed E-state index contributed by atoms with van der Waals surface area (Å²) in [4.78, 5) is 11.9. The van der Waals surface area contributed by atoms with Crippen molar-refractivity contribution in [1.29, 1.82) is 5.41 Å². The van der Waals surface area contributed by atoms with Gasteiger partial charge < -0.3 is 31.0 Å². The van der Waals surface area contributed by atoms with E-state index in [-0.39, 0.29) is 0 Å². The zero-order valence-corrected chi connectivity index (χ0v) is 18.2. The summed E-state index contributed by atoms with van der Waals surface area (Å²) in [6.07, 6.45) is 0.599. The van der Waals surface area contributed by atoms with Crippen molar-refractivity contribution >= 4 is 28.9 Å². The molecule has 4 N–H and O–H groups in total. The van der Waals surface area contributed by atoms with Crippen molar-refractivity contribution in [2.45, 2.75) is 27.2 Å². The van der Waals surface area contributed by atoms with Gasteiger partial charge in [0.05, 0.1) is 12.3 Å². The lowest BCUT2D eigenvalue weighted by Crippen LogP contribution is -2.44. The van der Waals surface area contributed by atoms with Crippen molar-refractivity contribution in [3.05, 3.63) is 35.5 Å². The molecule has 1 aliphatic rings. The quantitative estimate of drug-likeness (QED) is 0.352. The van der Waals surface area contributed by atoms with Crippen LogP contribution >= 0.6 is 0 Å². The van der Waals surface area contributed by atoms with E-state index in [1.165, 1.54) is 5.56 Å². The van der Waals surface area contributed by atoms with E-state index in [1.54, 1.807) is 0 Å². The van der Waals surface area contributed by atoms with Crippen LogP contribution in [0, 0.1) is 12.3 Å². The summed E-state index contributed by atoms with van der Waals surface area (Å²) in [6, 6.07) is 8.19. The van der Waals surface area contributed by atoms with Gasteiger partial charge in [-0.2, -0.15) is 4.98 Å². The maximum atomic E-state index is 8.54. The molecule has 1 aromatic heterocycles. The average molecular weight is 412 g/mol. The summed E-state index contributed by atoms with van der Waals surface area (Å²) in [6.45, 7) is 11.4. The number of ether oxygens (including phenoxy) is 1. The van der Waals surface area contributed by atoms with Gasteiger partial charge >= 0.3 is 0 Å². The minimum Gasteiger partial charge on any atom is -0.380 e. The van der Waals surface area contributed by atoms with Crippen LogP contribution in [0.2, 0.25) is 0 Å². The Hall–Kier alpha value is -2.71. The van der Waals surface area contributed by atoms with Crippen molar-refractivity contribution in [3.63, 3.8) is 0 Å². The Morgan fingerprint density at radius 1 is 1.23 bits per heavy atom. The fraction of sp³-hybridized carbons (Fsp3) is 0.500. The van der Waals surface area contributed by atoms with E-state index in [2.05, 4.69) is 39.9 Å². The molecule has 0 bridgehead atoms. The molecule has 0 spiro atoms. The van der Waals surface area contributed by atoms with Crippen molar-refractivity contribution in [2.75, 3.05) is 61.5 Å². The Morgan fingerprint density at radius 3 is 2.73 bits per heavy atom. The molecule has 0 saturated carbocycles. The van der Waals surface area contributed by atoms with Gasteiger partial charge in [-0.3, -0.25) is 0 Å². The lowest BCUT2D eigenvalue weighted by molar-refractivity contribution is 0.158. The number of piperazine rings is 1. The van der Waals surface area contributed by atoms with Gasteiger partial charge in [0.1, 0.15) is 11.4 Å². The number of rotatable bonds is 10. The molecule has 0 radical (unpaired) electrons. The van der Waals surface area contributed by atoms with Crippen molar-refractivity contribution in [3.8, 4) is 0 Å². The summed E-state index contributed by atoms with van der Waals surface area (Å²) in [5.74, 6) is 1.35. The lowest BCUT2D eigenvalue weighted by atomic mass is 10.1. The number of anilines is 4. The smallest absolute Gasteiger partial charge is 0.228 e. The number of hydrogen-bond donors (Lipinski definition) is 4. The van der Waals surface area contributed by atoms with Gasteiger partial charge in [0, 0.05) is 45.0 Å². The highest BCUT2D eigenvalue weighted by molar-refractivity contribution is 6.03. The Morgan fingerprint density at radius 2 is 2.03 bits per heavy atom. The van der Waals surface area contributed by atoms with E-state index in [9.17, 15) is 0 Å². The van der Waals surface area contributed by atoms with Crippen LogP contribution in [0.5, 0.6) is 0 Å². The molecule has 1 fully saturated rings. The minimum absolute atomic E-state index is 0.486. The molecular formula is C22H33N7O. The Labute approximate surface area is 179 Å². The van der Waals surface area contributed by atoms with Gasteiger partial charge in [-0.25, -0.2) is 4.98 Å². The largest absolute Gasteiger partial charge is 0.380 e. The van der Waals surface area contributed by atoms with Crippen LogP contribution in [-0.2, 0) is 4.74 Å². The van der Waals surface area contributed by atoms with E-state index < -0.39 is 0 Å². The third-order valence-electron chi connectivity index (χ3n) is 4.97. The molecule has 8 heteroatoms. The van der Waals surface area contributed by atoms with Gasteiger partial charge in [-0.05, 0) is 38.0 Å². The van der Waals surface area contributed by atoms with E-state index in [0.29, 0.717) is 49.4 Å². The SMILES string of the molecule is CCOCCNc1c(Nc2cccc(C)c2)nc(N2CCNCC2)nc1C(=N)CC. The third-order valence-corrected chi connectivity index (χ3v) is 4.97. The standard InChI is InChI=1S/C22H33N7O/c1-4-18(23)19-20(25-11-14-30-5-2)21(26-17-8-6-7-16(3)15-17)28-22(27-19)29-12-9-24-10-13-29/h6-8,15,23-25H,4-5,9-14H2,1-3H3,(H,26,27,28). The number of nitrogens with one attached hydrogen (secondary N) is 4. The van der Waals surface area contributed by atoms with Crippen LogP contribution in [0.25, 0.3) is 0 Å². The first-order valence-electron chi connectivity index (χ1n) is 10.7. The topological polar surface area (TPSA) is 98.2 Å². The lowest BCUT2D eigenvalue weighted by Gasteiger charge is -2.29. The molecule has 30 heavy (non-hydrogen) atoms. The van der Waals surface area contributed by atoms with Gasteiger partial charge in [0.15, 0.2) is 5.82 Å². The van der Waals surface area contributed by atoms with Gasteiger partial charge in [-0.15, -0.1) is 0 Å². The molecule has 0 unspecified atom stereocenters. The monoisotopic (exact) mass is 411 g/mol. The molecule has 0 atom stereocenters. The number of nitrogens with zero attached hydrogens (tertiary/aromatic N) is 3.